The molecule has 2 aromatic rings. The standard InChI is InChI=1S/C23H31N5O2/c1-17-13-19(24-27(17)3)15-28-21(14-18-5-7-20(29-4)8-6-18)25-30-23(28)11-12-26(2)16-22(23)9-10-22/h5-8,13H,9-12,14-16H2,1-4H3. The smallest absolute Gasteiger partial charge is 0.219 e. The summed E-state index contributed by atoms with van der Waals surface area (Å²) in [6.45, 7) is 4.90. The second-order valence-electron chi connectivity index (χ2n) is 9.16. The van der Waals surface area contributed by atoms with Crippen molar-refractivity contribution in [1.29, 1.82) is 0 Å². The van der Waals surface area contributed by atoms with Crippen molar-refractivity contribution in [3.63, 3.8) is 0 Å². The molecule has 1 atom stereocenters. The van der Waals surface area contributed by atoms with Crippen LogP contribution in [0.3, 0.4) is 0 Å². The van der Waals surface area contributed by atoms with Crippen LogP contribution in [0.25, 0.3) is 0 Å². The normalized spacial score (nSPS) is 24.9. The monoisotopic (exact) mass is 409 g/mol. The number of oxime groups is 1. The van der Waals surface area contributed by atoms with Gasteiger partial charge in [0.15, 0.2) is 5.84 Å². The lowest BCUT2D eigenvalue weighted by Gasteiger charge is -2.48. The van der Waals surface area contributed by atoms with E-state index in [1.807, 2.05) is 23.9 Å². The highest BCUT2D eigenvalue weighted by molar-refractivity contribution is 5.86. The topological polar surface area (TPSA) is 55.1 Å². The van der Waals surface area contributed by atoms with E-state index in [-0.39, 0.29) is 11.1 Å². The minimum atomic E-state index is -0.354. The molecule has 1 aromatic heterocycles. The highest BCUT2D eigenvalue weighted by Crippen LogP contribution is 2.62. The van der Waals surface area contributed by atoms with Crippen LogP contribution in [0.5, 0.6) is 5.75 Å². The van der Waals surface area contributed by atoms with E-state index in [1.165, 1.54) is 18.4 Å². The first-order valence-electron chi connectivity index (χ1n) is 10.8. The maximum absolute atomic E-state index is 6.39. The first kappa shape index (κ1) is 19.4. The average Bonchev–Trinajstić information content (AvgIpc) is 3.33. The van der Waals surface area contributed by atoms with Crippen molar-refractivity contribution in [3.8, 4) is 5.75 Å². The molecule has 1 aromatic carbocycles. The van der Waals surface area contributed by atoms with Crippen molar-refractivity contribution in [3.05, 3.63) is 47.3 Å². The molecule has 0 bridgehead atoms. The largest absolute Gasteiger partial charge is 0.497 e. The van der Waals surface area contributed by atoms with Crippen molar-refractivity contribution in [1.82, 2.24) is 19.6 Å². The Labute approximate surface area is 178 Å². The highest BCUT2D eigenvalue weighted by atomic mass is 16.7. The number of likely N-dealkylation sites (tertiary alicyclic amines) is 1. The number of hydrogen-bond acceptors (Lipinski definition) is 6. The fourth-order valence-electron chi connectivity index (χ4n) is 5.17. The van der Waals surface area contributed by atoms with E-state index in [0.717, 1.165) is 55.4 Å². The minimum Gasteiger partial charge on any atom is -0.497 e. The van der Waals surface area contributed by atoms with E-state index in [0.29, 0.717) is 0 Å². The van der Waals surface area contributed by atoms with Gasteiger partial charge in [0.2, 0.25) is 5.72 Å². The minimum absolute atomic E-state index is 0.162. The zero-order valence-electron chi connectivity index (χ0n) is 18.4. The van der Waals surface area contributed by atoms with Gasteiger partial charge in [0.1, 0.15) is 5.75 Å². The summed E-state index contributed by atoms with van der Waals surface area (Å²) in [5, 5.41) is 9.41. The van der Waals surface area contributed by atoms with Gasteiger partial charge in [0, 0.05) is 44.1 Å². The Morgan fingerprint density at radius 1 is 1.13 bits per heavy atom. The molecular weight excluding hydrogens is 378 g/mol. The Morgan fingerprint density at radius 2 is 1.90 bits per heavy atom. The summed E-state index contributed by atoms with van der Waals surface area (Å²) >= 11 is 0. The van der Waals surface area contributed by atoms with Gasteiger partial charge in [0.05, 0.1) is 19.3 Å². The molecule has 30 heavy (non-hydrogen) atoms. The molecule has 160 valence electrons. The Kier molecular flexibility index (Phi) is 4.54. The summed E-state index contributed by atoms with van der Waals surface area (Å²) in [5.74, 6) is 1.87. The number of nitrogens with zero attached hydrogens (tertiary/aromatic N) is 5. The molecule has 1 saturated carbocycles. The predicted octanol–water partition coefficient (Wildman–Crippen LogP) is 2.94. The molecule has 1 saturated heterocycles. The molecular formula is C23H31N5O2. The molecule has 2 fully saturated rings. The zero-order valence-corrected chi connectivity index (χ0v) is 18.4. The van der Waals surface area contributed by atoms with Crippen LogP contribution < -0.4 is 4.74 Å². The predicted molar refractivity (Wildman–Crippen MR) is 115 cm³/mol. The Bertz CT molecular complexity index is 943. The molecule has 0 N–H and O–H groups in total. The van der Waals surface area contributed by atoms with Gasteiger partial charge in [-0.2, -0.15) is 5.10 Å². The molecule has 3 heterocycles. The summed E-state index contributed by atoms with van der Waals surface area (Å²) in [4.78, 5) is 11.3. The van der Waals surface area contributed by atoms with Crippen molar-refractivity contribution in [2.24, 2.45) is 17.6 Å². The first-order chi connectivity index (χ1) is 14.4. The molecule has 2 spiro atoms. The molecule has 0 radical (unpaired) electrons. The number of methoxy groups -OCH3 is 1. The van der Waals surface area contributed by atoms with E-state index in [9.17, 15) is 0 Å². The molecule has 1 unspecified atom stereocenters. The maximum atomic E-state index is 6.39. The molecule has 7 nitrogen and oxygen atoms in total. The van der Waals surface area contributed by atoms with Gasteiger partial charge in [-0.05, 0) is 50.6 Å². The fraction of sp³-hybridized carbons (Fsp3) is 0.565. The average molecular weight is 410 g/mol. The molecule has 5 rings (SSSR count). The molecule has 1 aliphatic carbocycles. The highest BCUT2D eigenvalue weighted by Gasteiger charge is 2.68. The maximum Gasteiger partial charge on any atom is 0.219 e. The number of fused-ring (bicyclic) bond motifs is 1. The van der Waals surface area contributed by atoms with Crippen molar-refractivity contribution in [2.45, 2.75) is 44.9 Å². The van der Waals surface area contributed by atoms with E-state index >= 15 is 0 Å². The Morgan fingerprint density at radius 3 is 2.53 bits per heavy atom. The summed E-state index contributed by atoms with van der Waals surface area (Å²) in [5.41, 5.74) is 3.24. The Hall–Kier alpha value is -2.54. The first-order valence-corrected chi connectivity index (χ1v) is 10.8. The lowest BCUT2D eigenvalue weighted by Crippen LogP contribution is -2.61. The van der Waals surface area contributed by atoms with E-state index in [1.54, 1.807) is 7.11 Å². The van der Waals surface area contributed by atoms with Crippen molar-refractivity contribution < 1.29 is 9.57 Å². The number of benzene rings is 1. The van der Waals surface area contributed by atoms with Crippen LogP contribution in [0.4, 0.5) is 0 Å². The van der Waals surface area contributed by atoms with Crippen molar-refractivity contribution in [2.75, 3.05) is 27.2 Å². The van der Waals surface area contributed by atoms with Crippen LogP contribution >= 0.6 is 0 Å². The second kappa shape index (κ2) is 7.01. The number of rotatable bonds is 5. The molecule has 2 aliphatic heterocycles. The van der Waals surface area contributed by atoms with E-state index < -0.39 is 0 Å². The quantitative estimate of drug-likeness (QED) is 0.760. The molecule has 7 heteroatoms. The summed E-state index contributed by atoms with van der Waals surface area (Å²) < 4.78 is 7.25. The fourth-order valence-corrected chi connectivity index (χ4v) is 5.17. The Balaban J connectivity index is 1.46. The summed E-state index contributed by atoms with van der Waals surface area (Å²) in [6, 6.07) is 10.4. The lowest BCUT2D eigenvalue weighted by atomic mass is 9.83. The molecule has 0 amide bonds. The van der Waals surface area contributed by atoms with Crippen LogP contribution in [0.15, 0.2) is 35.5 Å². The number of ether oxygens (including phenoxy) is 1. The number of hydrogen-bond donors (Lipinski definition) is 0. The third kappa shape index (κ3) is 3.07. The zero-order chi connectivity index (χ0) is 20.9. The number of aromatic nitrogens is 2. The van der Waals surface area contributed by atoms with Crippen LogP contribution in [-0.4, -0.2) is 58.4 Å². The molecule has 3 aliphatic rings. The third-order valence-corrected chi connectivity index (χ3v) is 7.14. The van der Waals surface area contributed by atoms with Gasteiger partial charge in [-0.15, -0.1) is 0 Å². The second-order valence-corrected chi connectivity index (χ2v) is 9.16. The SMILES string of the molecule is COc1ccc(CC2=NOC3(CCN(C)CC34CC4)N2Cc2cc(C)n(C)n2)cc1. The number of aryl methyl sites for hydroxylation is 2. The van der Waals surface area contributed by atoms with Gasteiger partial charge >= 0.3 is 0 Å². The van der Waals surface area contributed by atoms with Crippen LogP contribution in [0.1, 0.15) is 36.2 Å². The lowest BCUT2D eigenvalue weighted by molar-refractivity contribution is -0.183. The van der Waals surface area contributed by atoms with Crippen LogP contribution in [0, 0.1) is 12.3 Å². The van der Waals surface area contributed by atoms with Gasteiger partial charge < -0.3 is 19.4 Å². The van der Waals surface area contributed by atoms with E-state index in [4.69, 9.17) is 14.7 Å². The summed E-state index contributed by atoms with van der Waals surface area (Å²) in [6.07, 6.45) is 4.09. The van der Waals surface area contributed by atoms with Gasteiger partial charge in [0.25, 0.3) is 0 Å². The van der Waals surface area contributed by atoms with Crippen molar-refractivity contribution >= 4 is 5.84 Å². The number of amidine groups is 1. The third-order valence-electron chi connectivity index (χ3n) is 7.14. The van der Waals surface area contributed by atoms with Gasteiger partial charge in [-0.1, -0.05) is 17.3 Å². The van der Waals surface area contributed by atoms with E-state index in [2.05, 4.69) is 47.1 Å². The summed E-state index contributed by atoms with van der Waals surface area (Å²) in [7, 11) is 5.91. The van der Waals surface area contributed by atoms with Crippen LogP contribution in [0.2, 0.25) is 0 Å². The number of piperidine rings is 1. The van der Waals surface area contributed by atoms with Gasteiger partial charge in [-0.3, -0.25) is 4.68 Å². The van der Waals surface area contributed by atoms with Gasteiger partial charge in [-0.25, -0.2) is 0 Å². The van der Waals surface area contributed by atoms with Crippen LogP contribution in [-0.2, 0) is 24.9 Å².